The zero-order chi connectivity index (χ0) is 13.2. The van der Waals surface area contributed by atoms with E-state index in [2.05, 4.69) is 9.55 Å². The van der Waals surface area contributed by atoms with Crippen molar-refractivity contribution < 1.29 is 9.53 Å². The molecule has 0 spiro atoms. The number of esters is 1. The Morgan fingerprint density at radius 1 is 1.42 bits per heavy atom. The lowest BCUT2D eigenvalue weighted by Gasteiger charge is -2.15. The van der Waals surface area contributed by atoms with Crippen molar-refractivity contribution in [1.82, 2.24) is 9.55 Å². The molecule has 0 amide bonds. The van der Waals surface area contributed by atoms with Gasteiger partial charge < -0.3 is 9.30 Å². The van der Waals surface area contributed by atoms with Gasteiger partial charge in [-0.1, -0.05) is 0 Å². The first kappa shape index (κ1) is 12.2. The fourth-order valence-electron chi connectivity index (χ4n) is 2.95. The van der Waals surface area contributed by atoms with Crippen molar-refractivity contribution in [2.24, 2.45) is 0 Å². The molecule has 2 heterocycles. The molecular formula is C15H18N2O2. The summed E-state index contributed by atoms with van der Waals surface area (Å²) in [4.78, 5) is 16.3. The van der Waals surface area contributed by atoms with Crippen LogP contribution in [0.5, 0.6) is 0 Å². The van der Waals surface area contributed by atoms with E-state index in [1.165, 1.54) is 24.1 Å². The molecule has 0 radical (unpaired) electrons. The third-order valence-corrected chi connectivity index (χ3v) is 3.72. The summed E-state index contributed by atoms with van der Waals surface area (Å²) in [6.45, 7) is 2.56. The van der Waals surface area contributed by atoms with Gasteiger partial charge in [-0.25, -0.2) is 0 Å². The summed E-state index contributed by atoms with van der Waals surface area (Å²) in [5.41, 5.74) is 4.71. The smallest absolute Gasteiger partial charge is 0.325 e. The second-order valence-corrected chi connectivity index (χ2v) is 4.89. The first-order chi connectivity index (χ1) is 9.31. The maximum Gasteiger partial charge on any atom is 0.325 e. The van der Waals surface area contributed by atoms with Crippen molar-refractivity contribution in [2.45, 2.75) is 39.2 Å². The Bertz CT molecular complexity index is 616. The van der Waals surface area contributed by atoms with Crippen LogP contribution in [0.4, 0.5) is 0 Å². The molecule has 19 heavy (non-hydrogen) atoms. The lowest BCUT2D eigenvalue weighted by molar-refractivity contribution is -0.143. The zero-order valence-corrected chi connectivity index (χ0v) is 11.2. The molecule has 4 heteroatoms. The maximum absolute atomic E-state index is 11.8. The van der Waals surface area contributed by atoms with E-state index in [9.17, 15) is 4.79 Å². The standard InChI is InChI=1S/C15H18N2O2/c1-2-19-14(18)10-17-12-7-4-3-6-11(12)15-13(17)8-5-9-16-15/h5,8-9H,2-4,6-7,10H2,1H3. The van der Waals surface area contributed by atoms with Crippen LogP contribution in [0, 0.1) is 0 Å². The quantitative estimate of drug-likeness (QED) is 0.794. The van der Waals surface area contributed by atoms with Crippen LogP contribution in [-0.4, -0.2) is 22.1 Å². The summed E-state index contributed by atoms with van der Waals surface area (Å²) in [5, 5.41) is 0. The van der Waals surface area contributed by atoms with Crippen LogP contribution >= 0.6 is 0 Å². The Labute approximate surface area is 112 Å². The number of hydrogen-bond acceptors (Lipinski definition) is 3. The van der Waals surface area contributed by atoms with Gasteiger partial charge in [-0.2, -0.15) is 0 Å². The minimum Gasteiger partial charge on any atom is -0.465 e. The van der Waals surface area contributed by atoms with Crippen LogP contribution in [0.25, 0.3) is 11.0 Å². The van der Waals surface area contributed by atoms with E-state index >= 15 is 0 Å². The molecule has 0 atom stereocenters. The van der Waals surface area contributed by atoms with Gasteiger partial charge in [0.1, 0.15) is 6.54 Å². The van der Waals surface area contributed by atoms with E-state index in [4.69, 9.17) is 4.74 Å². The lowest BCUT2D eigenvalue weighted by Crippen LogP contribution is -2.16. The second-order valence-electron chi connectivity index (χ2n) is 4.89. The zero-order valence-electron chi connectivity index (χ0n) is 11.2. The molecule has 1 aliphatic carbocycles. The first-order valence-corrected chi connectivity index (χ1v) is 6.92. The highest BCUT2D eigenvalue weighted by molar-refractivity contribution is 5.83. The number of fused-ring (bicyclic) bond motifs is 3. The predicted molar refractivity (Wildman–Crippen MR) is 73.0 cm³/mol. The number of aromatic nitrogens is 2. The van der Waals surface area contributed by atoms with Crippen LogP contribution in [0.2, 0.25) is 0 Å². The summed E-state index contributed by atoms with van der Waals surface area (Å²) >= 11 is 0. The van der Waals surface area contributed by atoms with E-state index in [0.717, 1.165) is 23.9 Å². The van der Waals surface area contributed by atoms with Gasteiger partial charge in [-0.05, 0) is 50.3 Å². The number of ether oxygens (including phenoxy) is 1. The molecule has 3 rings (SSSR count). The monoisotopic (exact) mass is 258 g/mol. The normalized spacial score (nSPS) is 14.4. The fourth-order valence-corrected chi connectivity index (χ4v) is 2.95. The molecule has 100 valence electrons. The molecule has 0 fully saturated rings. The second kappa shape index (κ2) is 5.03. The van der Waals surface area contributed by atoms with Gasteiger partial charge in [0.25, 0.3) is 0 Å². The SMILES string of the molecule is CCOC(=O)Cn1c2c(c3ncccc31)CCCC2. The van der Waals surface area contributed by atoms with Gasteiger partial charge in [-0.15, -0.1) is 0 Å². The van der Waals surface area contributed by atoms with Gasteiger partial charge in [0.15, 0.2) is 0 Å². The number of aryl methyl sites for hydroxylation is 1. The number of carbonyl (C=O) groups is 1. The summed E-state index contributed by atoms with van der Waals surface area (Å²) in [5.74, 6) is -0.170. The molecule has 0 bridgehead atoms. The first-order valence-electron chi connectivity index (χ1n) is 6.92. The van der Waals surface area contributed by atoms with Crippen LogP contribution < -0.4 is 0 Å². The Hall–Kier alpha value is -1.84. The predicted octanol–water partition coefficient (Wildman–Crippen LogP) is 2.48. The topological polar surface area (TPSA) is 44.1 Å². The van der Waals surface area contributed by atoms with E-state index in [1.54, 1.807) is 0 Å². The van der Waals surface area contributed by atoms with Crippen molar-refractivity contribution in [3.8, 4) is 0 Å². The number of nitrogens with zero attached hydrogens (tertiary/aromatic N) is 2. The van der Waals surface area contributed by atoms with Gasteiger partial charge in [0.2, 0.25) is 0 Å². The van der Waals surface area contributed by atoms with E-state index in [1.807, 2.05) is 25.3 Å². The third kappa shape index (κ3) is 2.11. The molecule has 2 aromatic heterocycles. The highest BCUT2D eigenvalue weighted by atomic mass is 16.5. The van der Waals surface area contributed by atoms with Crippen LogP contribution in [0.3, 0.4) is 0 Å². The van der Waals surface area contributed by atoms with Gasteiger partial charge >= 0.3 is 5.97 Å². The lowest BCUT2D eigenvalue weighted by atomic mass is 9.97. The van der Waals surface area contributed by atoms with Crippen molar-refractivity contribution in [3.05, 3.63) is 29.6 Å². The van der Waals surface area contributed by atoms with E-state index in [-0.39, 0.29) is 5.97 Å². The largest absolute Gasteiger partial charge is 0.465 e. The third-order valence-electron chi connectivity index (χ3n) is 3.72. The van der Waals surface area contributed by atoms with Crippen LogP contribution in [0.1, 0.15) is 31.0 Å². The average molecular weight is 258 g/mol. The van der Waals surface area contributed by atoms with Crippen molar-refractivity contribution in [1.29, 1.82) is 0 Å². The average Bonchev–Trinajstić information content (AvgIpc) is 2.75. The molecule has 4 nitrogen and oxygen atoms in total. The number of hydrogen-bond donors (Lipinski definition) is 0. The van der Waals surface area contributed by atoms with Crippen molar-refractivity contribution in [2.75, 3.05) is 6.61 Å². The summed E-state index contributed by atoms with van der Waals surface area (Å²) < 4.78 is 7.17. The molecule has 0 aliphatic heterocycles. The molecule has 0 aromatic carbocycles. The molecule has 0 saturated heterocycles. The Balaban J connectivity index is 2.09. The highest BCUT2D eigenvalue weighted by Gasteiger charge is 2.21. The van der Waals surface area contributed by atoms with E-state index < -0.39 is 0 Å². The fraction of sp³-hybridized carbons (Fsp3) is 0.467. The van der Waals surface area contributed by atoms with Gasteiger partial charge in [0, 0.05) is 11.9 Å². The molecule has 0 N–H and O–H groups in total. The summed E-state index contributed by atoms with van der Waals surface area (Å²) in [7, 11) is 0. The van der Waals surface area contributed by atoms with Gasteiger partial charge in [-0.3, -0.25) is 9.78 Å². The molecule has 0 unspecified atom stereocenters. The number of pyridine rings is 1. The Morgan fingerprint density at radius 3 is 3.11 bits per heavy atom. The molecule has 2 aromatic rings. The molecular weight excluding hydrogens is 240 g/mol. The highest BCUT2D eigenvalue weighted by Crippen LogP contribution is 2.30. The number of rotatable bonds is 3. The number of carbonyl (C=O) groups excluding carboxylic acids is 1. The van der Waals surface area contributed by atoms with Crippen LogP contribution in [0.15, 0.2) is 18.3 Å². The molecule has 0 saturated carbocycles. The Morgan fingerprint density at radius 2 is 2.26 bits per heavy atom. The van der Waals surface area contributed by atoms with Crippen LogP contribution in [-0.2, 0) is 28.9 Å². The molecule has 1 aliphatic rings. The van der Waals surface area contributed by atoms with Crippen molar-refractivity contribution >= 4 is 17.0 Å². The van der Waals surface area contributed by atoms with Crippen molar-refractivity contribution in [3.63, 3.8) is 0 Å². The summed E-state index contributed by atoms with van der Waals surface area (Å²) in [6, 6.07) is 3.97. The van der Waals surface area contributed by atoms with Gasteiger partial charge in [0.05, 0.1) is 17.6 Å². The minimum atomic E-state index is -0.170. The minimum absolute atomic E-state index is 0.170. The Kier molecular flexibility index (Phi) is 3.23. The maximum atomic E-state index is 11.8. The van der Waals surface area contributed by atoms with E-state index in [0.29, 0.717) is 13.2 Å². The summed E-state index contributed by atoms with van der Waals surface area (Å²) in [6.07, 6.45) is 6.32.